The van der Waals surface area contributed by atoms with Gasteiger partial charge in [0, 0.05) is 26.2 Å². The average Bonchev–Trinajstić information content (AvgIpc) is 3.10. The Bertz CT molecular complexity index is 692. The van der Waals surface area contributed by atoms with Crippen LogP contribution in [0.3, 0.4) is 0 Å². The average molecular weight is 389 g/mol. The van der Waals surface area contributed by atoms with Crippen LogP contribution in [-0.4, -0.2) is 58.5 Å². The van der Waals surface area contributed by atoms with Crippen molar-refractivity contribution in [1.82, 2.24) is 15.1 Å². The second-order valence-corrected chi connectivity index (χ2v) is 7.37. The first-order valence-electron chi connectivity index (χ1n) is 9.97. The topological polar surface area (TPSA) is 90.0 Å². The maximum atomic E-state index is 13.1. The molecule has 0 aliphatic carbocycles. The van der Waals surface area contributed by atoms with Gasteiger partial charge in [-0.25, -0.2) is 4.79 Å². The summed E-state index contributed by atoms with van der Waals surface area (Å²) in [6, 6.07) is 7.96. The highest BCUT2D eigenvalue weighted by atomic mass is 16.3. The Morgan fingerprint density at radius 1 is 1.25 bits per heavy atom. The fourth-order valence-corrected chi connectivity index (χ4v) is 4.28. The van der Waals surface area contributed by atoms with Crippen molar-refractivity contribution in [1.29, 1.82) is 0 Å². The molecule has 2 heterocycles. The number of amides is 3. The van der Waals surface area contributed by atoms with Crippen molar-refractivity contribution >= 4 is 18.4 Å². The van der Waals surface area contributed by atoms with Crippen LogP contribution in [0.4, 0.5) is 4.79 Å². The maximum Gasteiger partial charge on any atom is 0.318 e. The fourth-order valence-electron chi connectivity index (χ4n) is 4.28. The van der Waals surface area contributed by atoms with Gasteiger partial charge in [-0.1, -0.05) is 31.2 Å². The Balaban J connectivity index is 0.000000878. The van der Waals surface area contributed by atoms with Crippen molar-refractivity contribution in [3.05, 3.63) is 35.4 Å². The second kappa shape index (κ2) is 10.1. The van der Waals surface area contributed by atoms with Gasteiger partial charge in [0.15, 0.2) is 0 Å². The van der Waals surface area contributed by atoms with Gasteiger partial charge in [-0.05, 0) is 50.2 Å². The van der Waals surface area contributed by atoms with Gasteiger partial charge >= 0.3 is 6.03 Å². The molecule has 7 nitrogen and oxygen atoms in total. The number of nitrogens with one attached hydrogen (secondary N) is 1. The fraction of sp³-hybridized carbons (Fsp3) is 0.571. The lowest BCUT2D eigenvalue weighted by molar-refractivity contribution is -0.145. The molecule has 0 aromatic heterocycles. The number of benzene rings is 1. The highest BCUT2D eigenvalue weighted by molar-refractivity contribution is 5.92. The molecule has 0 radical (unpaired) electrons. The minimum atomic E-state index is -0.608. The van der Waals surface area contributed by atoms with E-state index in [0.717, 1.165) is 50.8 Å². The molecule has 1 spiro atoms. The second-order valence-electron chi connectivity index (χ2n) is 7.37. The van der Waals surface area contributed by atoms with Crippen molar-refractivity contribution in [3.8, 4) is 0 Å². The first-order chi connectivity index (χ1) is 13.5. The van der Waals surface area contributed by atoms with Crippen LogP contribution in [0.1, 0.15) is 50.2 Å². The molecule has 3 rings (SSSR count). The lowest BCUT2D eigenvalue weighted by Gasteiger charge is -2.44. The zero-order chi connectivity index (χ0) is 20.6. The molecule has 2 aliphatic rings. The van der Waals surface area contributed by atoms with Gasteiger partial charge in [0.2, 0.25) is 5.91 Å². The van der Waals surface area contributed by atoms with E-state index in [1.165, 1.54) is 5.56 Å². The van der Waals surface area contributed by atoms with Crippen LogP contribution in [0.15, 0.2) is 24.3 Å². The smallest absolute Gasteiger partial charge is 0.318 e. The van der Waals surface area contributed by atoms with Crippen molar-refractivity contribution in [2.75, 3.05) is 19.6 Å². The van der Waals surface area contributed by atoms with E-state index in [0.29, 0.717) is 13.1 Å². The van der Waals surface area contributed by atoms with E-state index in [1.807, 2.05) is 41.0 Å². The van der Waals surface area contributed by atoms with Gasteiger partial charge in [-0.3, -0.25) is 9.59 Å². The molecule has 2 fully saturated rings. The molecular formula is C21H31N3O4. The zero-order valence-corrected chi connectivity index (χ0v) is 16.8. The molecule has 7 heteroatoms. The highest BCUT2D eigenvalue weighted by Crippen LogP contribution is 2.38. The summed E-state index contributed by atoms with van der Waals surface area (Å²) >= 11 is 0. The molecule has 1 aromatic rings. The predicted octanol–water partition coefficient (Wildman–Crippen LogP) is 2.77. The van der Waals surface area contributed by atoms with E-state index < -0.39 is 5.54 Å². The normalized spacial score (nSPS) is 21.3. The SMILES string of the molecule is CCCN1CCCC2(CCCN2C(=O)NCc2ccccc2C)C1=O.O=CO. The Labute approximate surface area is 166 Å². The van der Waals surface area contributed by atoms with Crippen molar-refractivity contribution in [3.63, 3.8) is 0 Å². The third-order valence-corrected chi connectivity index (χ3v) is 5.62. The molecule has 0 bridgehead atoms. The van der Waals surface area contributed by atoms with Crippen LogP contribution in [0.2, 0.25) is 0 Å². The standard InChI is InChI=1S/C20H29N3O2.CH2O2/c1-3-12-22-13-6-10-20(18(22)24)11-7-14-23(20)19(25)21-15-17-9-5-4-8-16(17)2;2-1-3/h4-5,8-9H,3,6-7,10-15H2,1-2H3,(H,21,25);1H,(H,2,3). The van der Waals surface area contributed by atoms with Crippen LogP contribution in [-0.2, 0) is 16.1 Å². The molecule has 2 N–H and O–H groups in total. The summed E-state index contributed by atoms with van der Waals surface area (Å²) in [6.45, 7) is 6.69. The van der Waals surface area contributed by atoms with Crippen molar-refractivity contribution in [2.24, 2.45) is 0 Å². The number of urea groups is 1. The van der Waals surface area contributed by atoms with E-state index >= 15 is 0 Å². The van der Waals surface area contributed by atoms with Crippen molar-refractivity contribution < 1.29 is 19.5 Å². The highest BCUT2D eigenvalue weighted by Gasteiger charge is 2.52. The summed E-state index contributed by atoms with van der Waals surface area (Å²) in [4.78, 5) is 38.1. The maximum absolute atomic E-state index is 13.1. The number of rotatable bonds is 4. The van der Waals surface area contributed by atoms with Crippen LogP contribution >= 0.6 is 0 Å². The van der Waals surface area contributed by atoms with Crippen LogP contribution in [0.5, 0.6) is 0 Å². The molecule has 1 unspecified atom stereocenters. The van der Waals surface area contributed by atoms with E-state index in [2.05, 4.69) is 12.2 Å². The molecular weight excluding hydrogens is 358 g/mol. The number of aryl methyl sites for hydroxylation is 1. The van der Waals surface area contributed by atoms with Crippen molar-refractivity contribution in [2.45, 2.75) is 58.0 Å². The van der Waals surface area contributed by atoms with Crippen LogP contribution in [0, 0.1) is 6.92 Å². The van der Waals surface area contributed by atoms with E-state index in [4.69, 9.17) is 9.90 Å². The van der Waals surface area contributed by atoms with Gasteiger partial charge in [0.05, 0.1) is 0 Å². The summed E-state index contributed by atoms with van der Waals surface area (Å²) < 4.78 is 0. The number of carbonyl (C=O) groups is 3. The number of hydrogen-bond donors (Lipinski definition) is 2. The Kier molecular flexibility index (Phi) is 7.84. The van der Waals surface area contributed by atoms with Gasteiger partial charge in [0.25, 0.3) is 6.47 Å². The molecule has 28 heavy (non-hydrogen) atoms. The summed E-state index contributed by atoms with van der Waals surface area (Å²) in [5.74, 6) is 0.157. The number of carboxylic acid groups (broad SMARTS) is 1. The summed E-state index contributed by atoms with van der Waals surface area (Å²) in [7, 11) is 0. The Hall–Kier alpha value is -2.57. The molecule has 3 amide bonds. The summed E-state index contributed by atoms with van der Waals surface area (Å²) in [5.41, 5.74) is 1.68. The molecule has 0 saturated carbocycles. The van der Waals surface area contributed by atoms with Crippen LogP contribution < -0.4 is 5.32 Å². The zero-order valence-electron chi connectivity index (χ0n) is 16.8. The lowest BCUT2D eigenvalue weighted by Crippen LogP contribution is -2.62. The first kappa shape index (κ1) is 21.7. The van der Waals surface area contributed by atoms with Gasteiger partial charge in [0.1, 0.15) is 5.54 Å². The van der Waals surface area contributed by atoms with Gasteiger partial charge < -0.3 is 20.2 Å². The summed E-state index contributed by atoms with van der Waals surface area (Å²) in [6.07, 6.45) is 4.44. The minimum absolute atomic E-state index is 0.104. The first-order valence-corrected chi connectivity index (χ1v) is 9.97. The quantitative estimate of drug-likeness (QED) is 0.775. The lowest BCUT2D eigenvalue weighted by atomic mass is 9.85. The Morgan fingerprint density at radius 2 is 1.89 bits per heavy atom. The monoisotopic (exact) mass is 389 g/mol. The van der Waals surface area contributed by atoms with Gasteiger partial charge in [-0.2, -0.15) is 0 Å². The molecule has 1 aromatic carbocycles. The van der Waals surface area contributed by atoms with Gasteiger partial charge in [-0.15, -0.1) is 0 Å². The summed E-state index contributed by atoms with van der Waals surface area (Å²) in [5, 5.41) is 9.93. The molecule has 2 aliphatic heterocycles. The van der Waals surface area contributed by atoms with E-state index in [-0.39, 0.29) is 18.4 Å². The van der Waals surface area contributed by atoms with E-state index in [9.17, 15) is 9.59 Å². The number of nitrogens with zero attached hydrogens (tertiary/aromatic N) is 2. The third kappa shape index (κ3) is 4.64. The van der Waals surface area contributed by atoms with E-state index in [1.54, 1.807) is 0 Å². The third-order valence-electron chi connectivity index (χ3n) is 5.62. The number of carbonyl (C=O) groups excluding carboxylic acids is 2. The molecule has 1 atom stereocenters. The Morgan fingerprint density at radius 3 is 2.54 bits per heavy atom. The number of piperidine rings is 1. The largest absolute Gasteiger partial charge is 0.483 e. The molecule has 2 saturated heterocycles. The number of likely N-dealkylation sites (tertiary alicyclic amines) is 2. The minimum Gasteiger partial charge on any atom is -0.483 e. The number of hydrogen-bond acceptors (Lipinski definition) is 3. The van der Waals surface area contributed by atoms with Crippen LogP contribution in [0.25, 0.3) is 0 Å². The molecule has 154 valence electrons. The predicted molar refractivity (Wildman–Crippen MR) is 107 cm³/mol.